The van der Waals surface area contributed by atoms with Gasteiger partial charge in [-0.05, 0) is 71.4 Å². The molecule has 0 bridgehead atoms. The number of fused-ring (bicyclic) bond motifs is 2. The van der Waals surface area contributed by atoms with Crippen molar-refractivity contribution in [3.05, 3.63) is 41.4 Å². The number of hydrogen-bond acceptors (Lipinski definition) is 7. The van der Waals surface area contributed by atoms with E-state index in [-0.39, 0.29) is 16.3 Å². The molecule has 3 aliphatic rings. The third-order valence-electron chi connectivity index (χ3n) is 7.68. The number of nitrogens with zero attached hydrogens (tertiary/aromatic N) is 1. The molecule has 1 aliphatic carbocycles. The quantitative estimate of drug-likeness (QED) is 0.435. The minimum Gasteiger partial charge on any atom is -0.444 e. The second kappa shape index (κ2) is 12.6. The van der Waals surface area contributed by atoms with Gasteiger partial charge in [0.05, 0.1) is 5.02 Å². The fraction of sp³-hybridized carbons (Fsp3) is 0.586. The van der Waals surface area contributed by atoms with E-state index in [1.165, 1.54) is 23.1 Å². The van der Waals surface area contributed by atoms with E-state index < -0.39 is 63.0 Å². The summed E-state index contributed by atoms with van der Waals surface area (Å²) in [6.45, 7) is 5.51. The fourth-order valence-electron chi connectivity index (χ4n) is 5.47. The van der Waals surface area contributed by atoms with Crippen LogP contribution in [0.2, 0.25) is 5.02 Å². The van der Waals surface area contributed by atoms with Crippen LogP contribution in [0.25, 0.3) is 0 Å². The molecule has 2 fully saturated rings. The van der Waals surface area contributed by atoms with Crippen molar-refractivity contribution in [1.82, 2.24) is 20.3 Å². The summed E-state index contributed by atoms with van der Waals surface area (Å²) in [5.41, 5.74) is -2.24. The number of sulfonamides is 1. The third-order valence-corrected chi connectivity index (χ3v) is 9.51. The topological polar surface area (TPSA) is 151 Å². The number of rotatable bonds is 4. The molecular weight excluding hydrogens is 584 g/mol. The summed E-state index contributed by atoms with van der Waals surface area (Å²) in [5, 5.41) is 5.45. The van der Waals surface area contributed by atoms with Gasteiger partial charge < -0.3 is 20.3 Å². The van der Waals surface area contributed by atoms with Gasteiger partial charge in [-0.3, -0.25) is 14.4 Å². The maximum Gasteiger partial charge on any atom is 0.408 e. The van der Waals surface area contributed by atoms with Gasteiger partial charge in [0, 0.05) is 12.5 Å². The number of ether oxygens (including phenoxy) is 1. The molecule has 0 spiro atoms. The third kappa shape index (κ3) is 7.44. The Hall–Kier alpha value is -3.12. The monoisotopic (exact) mass is 622 g/mol. The lowest BCUT2D eigenvalue weighted by molar-refractivity contribution is -0.141. The van der Waals surface area contributed by atoms with Gasteiger partial charge in [-0.15, -0.1) is 0 Å². The summed E-state index contributed by atoms with van der Waals surface area (Å²) in [6, 6.07) is 4.02. The highest BCUT2D eigenvalue weighted by molar-refractivity contribution is 7.90. The smallest absolute Gasteiger partial charge is 0.408 e. The van der Waals surface area contributed by atoms with Crippen molar-refractivity contribution in [2.24, 2.45) is 5.92 Å². The first-order valence-electron chi connectivity index (χ1n) is 14.3. The van der Waals surface area contributed by atoms with Crippen LogP contribution in [0, 0.1) is 5.92 Å². The van der Waals surface area contributed by atoms with Crippen molar-refractivity contribution >= 4 is 45.4 Å². The van der Waals surface area contributed by atoms with Gasteiger partial charge in [0.1, 0.15) is 28.1 Å². The number of amides is 4. The average molecular weight is 623 g/mol. The Morgan fingerprint density at radius 1 is 1.10 bits per heavy atom. The van der Waals surface area contributed by atoms with Gasteiger partial charge >= 0.3 is 6.09 Å². The standard InChI is InChI=1S/C29H39ClN4O7S/c1-28(2,3)41-27(38)31-21-14-8-6-4-5-7-12-19-18-29(19,32-24(35)22-15-11-17-34(22)25(21)36)26(37)33-42(39,40)23-16-10-9-13-20(23)30/h7,9-10,12-13,16,19,21-22H,4-6,8,11,14-15,17-18H2,1-3H3,(H,31,38)(H,32,35)(H,33,37)/b12-7-/t19-,21+,22+,29-/m1/s1. The average Bonchev–Trinajstić information content (AvgIpc) is 3.35. The van der Waals surface area contributed by atoms with Crippen LogP contribution in [0.1, 0.15) is 72.1 Å². The molecule has 1 aromatic rings. The highest BCUT2D eigenvalue weighted by atomic mass is 35.5. The highest BCUT2D eigenvalue weighted by Gasteiger charge is 2.61. The first-order valence-corrected chi connectivity index (χ1v) is 16.2. The van der Waals surface area contributed by atoms with Crippen LogP contribution in [0.5, 0.6) is 0 Å². The minimum absolute atomic E-state index is 0.0386. The van der Waals surface area contributed by atoms with Crippen molar-refractivity contribution in [3.8, 4) is 0 Å². The van der Waals surface area contributed by atoms with Gasteiger partial charge in [-0.2, -0.15) is 0 Å². The first kappa shape index (κ1) is 31.8. The normalized spacial score (nSPS) is 27.8. The summed E-state index contributed by atoms with van der Waals surface area (Å²) in [5.74, 6) is -2.22. The lowest BCUT2D eigenvalue weighted by Crippen LogP contribution is -2.58. The summed E-state index contributed by atoms with van der Waals surface area (Å²) < 4.78 is 33.6. The molecule has 2 heterocycles. The molecule has 11 nitrogen and oxygen atoms in total. The number of allylic oxidation sites excluding steroid dienone is 1. The summed E-state index contributed by atoms with van der Waals surface area (Å²) in [6.07, 6.45) is 7.59. The Labute approximate surface area is 251 Å². The van der Waals surface area contributed by atoms with Gasteiger partial charge in [-0.25, -0.2) is 17.9 Å². The maximum atomic E-state index is 13.7. The van der Waals surface area contributed by atoms with E-state index in [1.54, 1.807) is 26.8 Å². The van der Waals surface area contributed by atoms with E-state index in [1.807, 2.05) is 12.2 Å². The van der Waals surface area contributed by atoms with Gasteiger partial charge in [0.2, 0.25) is 11.8 Å². The molecule has 1 saturated carbocycles. The van der Waals surface area contributed by atoms with Crippen LogP contribution in [0.4, 0.5) is 4.79 Å². The number of carbonyl (C=O) groups excluding carboxylic acids is 4. The van der Waals surface area contributed by atoms with Gasteiger partial charge in [0.15, 0.2) is 0 Å². The van der Waals surface area contributed by atoms with Crippen LogP contribution in [-0.4, -0.2) is 66.9 Å². The second-order valence-corrected chi connectivity index (χ2v) is 14.1. The van der Waals surface area contributed by atoms with Crippen LogP contribution < -0.4 is 15.4 Å². The Kier molecular flexibility index (Phi) is 9.56. The first-order chi connectivity index (χ1) is 19.7. The number of benzene rings is 1. The van der Waals surface area contributed by atoms with E-state index in [2.05, 4.69) is 15.4 Å². The number of hydrogen-bond donors (Lipinski definition) is 3. The molecule has 2 aliphatic heterocycles. The largest absolute Gasteiger partial charge is 0.444 e. The fourth-order valence-corrected chi connectivity index (χ4v) is 7.03. The summed E-state index contributed by atoms with van der Waals surface area (Å²) in [4.78, 5) is 54.6. The zero-order valence-electron chi connectivity index (χ0n) is 24.2. The number of carbonyl (C=O) groups is 4. The Morgan fingerprint density at radius 2 is 1.83 bits per heavy atom. The molecule has 42 heavy (non-hydrogen) atoms. The zero-order chi connectivity index (χ0) is 30.7. The second-order valence-electron chi connectivity index (χ2n) is 12.1. The SMILES string of the molecule is CC(C)(C)OC(=O)N[C@H]1CCCCC/C=C\[C@@H]2C[C@@]2(C(=O)NS(=O)(=O)c2ccccc2Cl)NC(=O)[C@@H]2CCCN2C1=O. The predicted octanol–water partition coefficient (Wildman–Crippen LogP) is 3.42. The van der Waals surface area contributed by atoms with E-state index in [4.69, 9.17) is 16.3 Å². The highest BCUT2D eigenvalue weighted by Crippen LogP contribution is 2.46. The Morgan fingerprint density at radius 3 is 2.55 bits per heavy atom. The molecule has 3 N–H and O–H groups in total. The van der Waals surface area contributed by atoms with E-state index >= 15 is 0 Å². The van der Waals surface area contributed by atoms with Crippen molar-refractivity contribution in [3.63, 3.8) is 0 Å². The van der Waals surface area contributed by atoms with Gasteiger partial charge in [0.25, 0.3) is 15.9 Å². The number of nitrogens with one attached hydrogen (secondary N) is 3. The Bertz CT molecular complexity index is 1360. The van der Waals surface area contributed by atoms with E-state index in [0.717, 1.165) is 12.8 Å². The Balaban J connectivity index is 1.57. The zero-order valence-corrected chi connectivity index (χ0v) is 25.7. The number of halogens is 1. The van der Waals surface area contributed by atoms with E-state index in [9.17, 15) is 27.6 Å². The van der Waals surface area contributed by atoms with Gasteiger partial charge in [-0.1, -0.05) is 48.7 Å². The molecule has 4 atom stereocenters. The van der Waals surface area contributed by atoms with Crippen LogP contribution in [-0.2, 0) is 29.1 Å². The molecule has 1 aromatic carbocycles. The molecule has 0 aromatic heterocycles. The molecule has 0 radical (unpaired) electrons. The van der Waals surface area contributed by atoms with Crippen LogP contribution in [0.3, 0.4) is 0 Å². The molecule has 0 unspecified atom stereocenters. The maximum absolute atomic E-state index is 13.7. The molecule has 4 amide bonds. The molecule has 4 rings (SSSR count). The van der Waals surface area contributed by atoms with Crippen molar-refractivity contribution in [1.29, 1.82) is 0 Å². The van der Waals surface area contributed by atoms with Crippen LogP contribution in [0.15, 0.2) is 41.3 Å². The summed E-state index contributed by atoms with van der Waals surface area (Å²) in [7, 11) is -4.32. The molecular formula is C29H39ClN4O7S. The lowest BCUT2D eigenvalue weighted by Gasteiger charge is -2.30. The number of alkyl carbamates (subject to hydrolysis) is 1. The van der Waals surface area contributed by atoms with Crippen LogP contribution >= 0.6 is 11.6 Å². The summed E-state index contributed by atoms with van der Waals surface area (Å²) >= 11 is 6.08. The predicted molar refractivity (Wildman–Crippen MR) is 156 cm³/mol. The molecule has 1 saturated heterocycles. The lowest BCUT2D eigenvalue weighted by atomic mass is 10.0. The molecule has 13 heteroatoms. The van der Waals surface area contributed by atoms with E-state index in [0.29, 0.717) is 38.6 Å². The minimum atomic E-state index is -4.32. The van der Waals surface area contributed by atoms with Crippen molar-refractivity contribution in [2.45, 2.75) is 100 Å². The van der Waals surface area contributed by atoms with Crippen molar-refractivity contribution in [2.75, 3.05) is 6.54 Å². The van der Waals surface area contributed by atoms with Crippen molar-refractivity contribution < 1.29 is 32.3 Å². The molecule has 230 valence electrons.